The van der Waals surface area contributed by atoms with Gasteiger partial charge in [-0.2, -0.15) is 0 Å². The first kappa shape index (κ1) is 15.5. The number of esters is 1. The maximum Gasteiger partial charge on any atom is 0.329 e. The van der Waals surface area contributed by atoms with Gasteiger partial charge in [0, 0.05) is 6.54 Å². The van der Waals surface area contributed by atoms with Gasteiger partial charge in [0.2, 0.25) is 0 Å². The number of hydrogen-bond donors (Lipinski definition) is 0. The fraction of sp³-hybridized carbons (Fsp3) is 0.647. The standard InChI is InChI=1S/C17H23NO3S/c1-12-5-2-6-13(11-12)21-17(20)14-7-3-9-18(14)16(19)15-8-4-10-22-15/h4,8,10,12-14H,2-3,5-7,9,11H2,1H3. The van der Waals surface area contributed by atoms with Crippen LogP contribution < -0.4 is 0 Å². The van der Waals surface area contributed by atoms with Crippen LogP contribution in [0.2, 0.25) is 0 Å². The molecular weight excluding hydrogens is 298 g/mol. The molecule has 1 aromatic rings. The highest BCUT2D eigenvalue weighted by Gasteiger charge is 2.37. The van der Waals surface area contributed by atoms with E-state index in [-0.39, 0.29) is 18.0 Å². The van der Waals surface area contributed by atoms with Gasteiger partial charge in [-0.15, -0.1) is 11.3 Å². The highest BCUT2D eigenvalue weighted by molar-refractivity contribution is 7.12. The summed E-state index contributed by atoms with van der Waals surface area (Å²) < 4.78 is 5.71. The van der Waals surface area contributed by atoms with E-state index >= 15 is 0 Å². The molecule has 1 amide bonds. The van der Waals surface area contributed by atoms with E-state index in [0.717, 1.165) is 32.1 Å². The lowest BCUT2D eigenvalue weighted by molar-refractivity contribution is -0.155. The number of ether oxygens (including phenoxy) is 1. The van der Waals surface area contributed by atoms with Crippen molar-refractivity contribution in [2.45, 2.75) is 57.6 Å². The fourth-order valence-electron chi connectivity index (χ4n) is 3.52. The van der Waals surface area contributed by atoms with Crippen molar-refractivity contribution in [1.29, 1.82) is 0 Å². The van der Waals surface area contributed by atoms with Crippen molar-refractivity contribution < 1.29 is 14.3 Å². The highest BCUT2D eigenvalue weighted by Crippen LogP contribution is 2.28. The zero-order valence-corrected chi connectivity index (χ0v) is 13.8. The van der Waals surface area contributed by atoms with E-state index in [0.29, 0.717) is 17.3 Å². The molecule has 0 N–H and O–H groups in total. The van der Waals surface area contributed by atoms with Crippen LogP contribution in [0.25, 0.3) is 0 Å². The van der Waals surface area contributed by atoms with Gasteiger partial charge in [-0.1, -0.05) is 19.4 Å². The molecule has 22 heavy (non-hydrogen) atoms. The first-order chi connectivity index (χ1) is 10.6. The average molecular weight is 321 g/mol. The Balaban J connectivity index is 1.62. The number of likely N-dealkylation sites (tertiary alicyclic amines) is 1. The first-order valence-electron chi connectivity index (χ1n) is 8.20. The minimum atomic E-state index is -0.396. The maximum atomic E-state index is 12.5. The molecule has 0 spiro atoms. The Morgan fingerprint density at radius 1 is 1.27 bits per heavy atom. The monoisotopic (exact) mass is 321 g/mol. The number of carbonyl (C=O) groups excluding carboxylic acids is 2. The van der Waals surface area contributed by atoms with Crippen LogP contribution in [0.4, 0.5) is 0 Å². The molecule has 1 aromatic heterocycles. The number of amides is 1. The lowest BCUT2D eigenvalue weighted by Gasteiger charge is -2.29. The summed E-state index contributed by atoms with van der Waals surface area (Å²) in [6.07, 6.45) is 5.90. The minimum Gasteiger partial charge on any atom is -0.461 e. The van der Waals surface area contributed by atoms with E-state index in [1.807, 2.05) is 17.5 Å². The molecule has 120 valence electrons. The molecule has 5 heteroatoms. The van der Waals surface area contributed by atoms with E-state index < -0.39 is 6.04 Å². The molecule has 1 saturated heterocycles. The van der Waals surface area contributed by atoms with Gasteiger partial charge in [-0.3, -0.25) is 4.79 Å². The third kappa shape index (κ3) is 3.35. The van der Waals surface area contributed by atoms with Crippen LogP contribution in [0.3, 0.4) is 0 Å². The molecule has 1 aliphatic carbocycles. The van der Waals surface area contributed by atoms with E-state index in [1.54, 1.807) is 4.90 Å². The molecular formula is C17H23NO3S. The summed E-state index contributed by atoms with van der Waals surface area (Å²) in [4.78, 5) is 27.4. The van der Waals surface area contributed by atoms with Crippen molar-refractivity contribution in [3.63, 3.8) is 0 Å². The summed E-state index contributed by atoms with van der Waals surface area (Å²) in [6.45, 7) is 2.86. The largest absolute Gasteiger partial charge is 0.461 e. The Hall–Kier alpha value is -1.36. The predicted octanol–water partition coefficient (Wildman–Crippen LogP) is 3.47. The van der Waals surface area contributed by atoms with E-state index in [2.05, 4.69) is 6.92 Å². The summed E-state index contributed by atoms with van der Waals surface area (Å²) in [5, 5.41) is 1.89. The quantitative estimate of drug-likeness (QED) is 0.801. The minimum absolute atomic E-state index is 0.0357. The van der Waals surface area contributed by atoms with Crippen molar-refractivity contribution in [2.75, 3.05) is 6.54 Å². The lowest BCUT2D eigenvalue weighted by Crippen LogP contribution is -2.42. The van der Waals surface area contributed by atoms with Gasteiger partial charge in [0.05, 0.1) is 4.88 Å². The van der Waals surface area contributed by atoms with Crippen molar-refractivity contribution in [1.82, 2.24) is 4.90 Å². The van der Waals surface area contributed by atoms with Gasteiger partial charge < -0.3 is 9.64 Å². The Morgan fingerprint density at radius 2 is 2.14 bits per heavy atom. The Kier molecular flexibility index (Phi) is 4.81. The summed E-state index contributed by atoms with van der Waals surface area (Å²) in [5.41, 5.74) is 0. The lowest BCUT2D eigenvalue weighted by atomic mass is 9.89. The third-order valence-electron chi connectivity index (χ3n) is 4.69. The molecule has 0 aromatic carbocycles. The van der Waals surface area contributed by atoms with Gasteiger partial charge in [-0.05, 0) is 49.5 Å². The summed E-state index contributed by atoms with van der Waals surface area (Å²) in [7, 11) is 0. The van der Waals surface area contributed by atoms with Crippen LogP contribution in [0, 0.1) is 5.92 Å². The van der Waals surface area contributed by atoms with Crippen molar-refractivity contribution in [3.8, 4) is 0 Å². The smallest absolute Gasteiger partial charge is 0.329 e. The van der Waals surface area contributed by atoms with Crippen LogP contribution in [-0.2, 0) is 9.53 Å². The van der Waals surface area contributed by atoms with Gasteiger partial charge in [-0.25, -0.2) is 4.79 Å². The molecule has 1 aliphatic heterocycles. The van der Waals surface area contributed by atoms with Gasteiger partial charge in [0.1, 0.15) is 12.1 Å². The summed E-state index contributed by atoms with van der Waals surface area (Å²) in [6, 6.07) is 3.29. The Bertz CT molecular complexity index is 528. The predicted molar refractivity (Wildman–Crippen MR) is 85.9 cm³/mol. The molecule has 2 fully saturated rings. The SMILES string of the molecule is CC1CCCC(OC(=O)C2CCCN2C(=O)c2cccs2)C1. The number of carbonyl (C=O) groups is 2. The number of thiophene rings is 1. The molecule has 4 nitrogen and oxygen atoms in total. The van der Waals surface area contributed by atoms with Gasteiger partial charge >= 0.3 is 5.97 Å². The van der Waals surface area contributed by atoms with Crippen molar-refractivity contribution in [3.05, 3.63) is 22.4 Å². The van der Waals surface area contributed by atoms with E-state index in [9.17, 15) is 9.59 Å². The maximum absolute atomic E-state index is 12.5. The molecule has 3 rings (SSSR count). The zero-order chi connectivity index (χ0) is 15.5. The fourth-order valence-corrected chi connectivity index (χ4v) is 4.20. The Morgan fingerprint density at radius 3 is 2.86 bits per heavy atom. The van der Waals surface area contributed by atoms with Crippen LogP contribution in [-0.4, -0.2) is 35.5 Å². The second-order valence-electron chi connectivity index (χ2n) is 6.46. The molecule has 0 bridgehead atoms. The second kappa shape index (κ2) is 6.82. The van der Waals surface area contributed by atoms with Crippen LogP contribution in [0.15, 0.2) is 17.5 Å². The number of hydrogen-bond acceptors (Lipinski definition) is 4. The zero-order valence-electron chi connectivity index (χ0n) is 13.0. The second-order valence-corrected chi connectivity index (χ2v) is 7.41. The Labute approximate surface area is 135 Å². The first-order valence-corrected chi connectivity index (χ1v) is 9.08. The van der Waals surface area contributed by atoms with Crippen LogP contribution in [0.5, 0.6) is 0 Å². The summed E-state index contributed by atoms with van der Waals surface area (Å²) in [5.74, 6) is 0.381. The van der Waals surface area contributed by atoms with Gasteiger partial charge in [0.25, 0.3) is 5.91 Å². The number of nitrogens with zero attached hydrogens (tertiary/aromatic N) is 1. The number of rotatable bonds is 3. The topological polar surface area (TPSA) is 46.6 Å². The molecule has 1 saturated carbocycles. The van der Waals surface area contributed by atoms with Gasteiger partial charge in [0.15, 0.2) is 0 Å². The molecule has 0 radical (unpaired) electrons. The van der Waals surface area contributed by atoms with Crippen molar-refractivity contribution >= 4 is 23.2 Å². The molecule has 2 heterocycles. The molecule has 2 aliphatic rings. The third-order valence-corrected chi connectivity index (χ3v) is 5.55. The normalized spacial score (nSPS) is 28.6. The molecule has 3 unspecified atom stereocenters. The van der Waals surface area contributed by atoms with Crippen LogP contribution >= 0.6 is 11.3 Å². The average Bonchev–Trinajstić information content (AvgIpc) is 3.18. The molecule has 3 atom stereocenters. The van der Waals surface area contributed by atoms with Crippen LogP contribution in [0.1, 0.15) is 55.1 Å². The highest BCUT2D eigenvalue weighted by atomic mass is 32.1. The van der Waals surface area contributed by atoms with Crippen molar-refractivity contribution in [2.24, 2.45) is 5.92 Å². The van der Waals surface area contributed by atoms with E-state index in [1.165, 1.54) is 17.8 Å². The summed E-state index contributed by atoms with van der Waals surface area (Å²) >= 11 is 1.42. The van der Waals surface area contributed by atoms with E-state index in [4.69, 9.17) is 4.74 Å².